The van der Waals surface area contributed by atoms with Crippen molar-refractivity contribution in [1.82, 2.24) is 14.7 Å². The highest BCUT2D eigenvalue weighted by Gasteiger charge is 2.32. The SMILES string of the molecule is CCn1nccc1[C@@H]1OCC[C@H]1CN=C(N)N1CCC(C)CC1.I. The molecule has 0 radical (unpaired) electrons. The van der Waals surface area contributed by atoms with Crippen molar-refractivity contribution in [2.75, 3.05) is 26.2 Å². The van der Waals surface area contributed by atoms with E-state index in [0.717, 1.165) is 50.8 Å². The maximum absolute atomic E-state index is 6.21. The van der Waals surface area contributed by atoms with E-state index in [1.165, 1.54) is 12.8 Å². The fraction of sp³-hybridized carbons (Fsp3) is 0.765. The molecule has 2 aliphatic rings. The molecule has 0 amide bonds. The van der Waals surface area contributed by atoms with Crippen LogP contribution < -0.4 is 5.73 Å². The topological polar surface area (TPSA) is 68.7 Å². The number of likely N-dealkylation sites (tertiary alicyclic amines) is 1. The molecule has 1 aromatic rings. The number of ether oxygens (including phenoxy) is 1. The summed E-state index contributed by atoms with van der Waals surface area (Å²) in [6.45, 7) is 8.87. The Bertz CT molecular complexity index is 539. The molecule has 2 fully saturated rings. The second kappa shape index (κ2) is 9.03. The van der Waals surface area contributed by atoms with Crippen molar-refractivity contribution >= 4 is 29.9 Å². The molecule has 24 heavy (non-hydrogen) atoms. The maximum atomic E-state index is 6.21. The van der Waals surface area contributed by atoms with Crippen LogP contribution in [0.1, 0.15) is 44.9 Å². The van der Waals surface area contributed by atoms with Gasteiger partial charge in [-0.25, -0.2) is 0 Å². The van der Waals surface area contributed by atoms with Gasteiger partial charge in [-0.3, -0.25) is 9.67 Å². The molecule has 3 rings (SSSR count). The van der Waals surface area contributed by atoms with Crippen LogP contribution in [0, 0.1) is 11.8 Å². The Balaban J connectivity index is 0.00000208. The number of hydrogen-bond acceptors (Lipinski definition) is 3. The van der Waals surface area contributed by atoms with E-state index < -0.39 is 0 Å². The van der Waals surface area contributed by atoms with Crippen molar-refractivity contribution in [3.05, 3.63) is 18.0 Å². The number of nitrogens with zero attached hydrogens (tertiary/aromatic N) is 4. The molecule has 2 atom stereocenters. The summed E-state index contributed by atoms with van der Waals surface area (Å²) in [6, 6.07) is 2.06. The third kappa shape index (κ3) is 4.41. The highest BCUT2D eigenvalue weighted by molar-refractivity contribution is 14.0. The lowest BCUT2D eigenvalue weighted by atomic mass is 9.99. The van der Waals surface area contributed by atoms with Gasteiger partial charge in [-0.1, -0.05) is 6.92 Å². The number of guanidine groups is 1. The second-order valence-electron chi connectivity index (χ2n) is 6.78. The van der Waals surface area contributed by atoms with Crippen molar-refractivity contribution in [1.29, 1.82) is 0 Å². The molecule has 1 aromatic heterocycles. The molecular formula is C17H30IN5O. The zero-order valence-corrected chi connectivity index (χ0v) is 17.1. The van der Waals surface area contributed by atoms with Crippen LogP contribution in [0.3, 0.4) is 0 Å². The Hall–Kier alpha value is -0.830. The number of aliphatic imine (C=N–C) groups is 1. The third-order valence-corrected chi connectivity index (χ3v) is 5.15. The molecule has 7 heteroatoms. The van der Waals surface area contributed by atoms with E-state index in [2.05, 4.69) is 34.9 Å². The van der Waals surface area contributed by atoms with Gasteiger partial charge in [-0.2, -0.15) is 5.10 Å². The van der Waals surface area contributed by atoms with Crippen LogP contribution in [0.25, 0.3) is 0 Å². The van der Waals surface area contributed by atoms with E-state index >= 15 is 0 Å². The summed E-state index contributed by atoms with van der Waals surface area (Å²) in [5.74, 6) is 1.90. The van der Waals surface area contributed by atoms with E-state index in [0.29, 0.717) is 11.9 Å². The quantitative estimate of drug-likeness (QED) is 0.438. The summed E-state index contributed by atoms with van der Waals surface area (Å²) < 4.78 is 7.98. The Morgan fingerprint density at radius 1 is 1.38 bits per heavy atom. The average molecular weight is 447 g/mol. The smallest absolute Gasteiger partial charge is 0.191 e. The molecule has 0 aliphatic carbocycles. The Kier molecular flexibility index (Phi) is 7.34. The van der Waals surface area contributed by atoms with Gasteiger partial charge in [0.05, 0.1) is 5.69 Å². The molecule has 2 aliphatic heterocycles. The van der Waals surface area contributed by atoms with Gasteiger partial charge in [-0.15, -0.1) is 24.0 Å². The number of aryl methyl sites for hydroxylation is 1. The summed E-state index contributed by atoms with van der Waals surface area (Å²) in [6.07, 6.45) is 5.40. The zero-order valence-electron chi connectivity index (χ0n) is 14.7. The predicted octanol–water partition coefficient (Wildman–Crippen LogP) is 2.65. The predicted molar refractivity (Wildman–Crippen MR) is 107 cm³/mol. The second-order valence-corrected chi connectivity index (χ2v) is 6.78. The van der Waals surface area contributed by atoms with Gasteiger partial charge in [0.1, 0.15) is 6.10 Å². The molecule has 2 saturated heterocycles. The summed E-state index contributed by atoms with van der Waals surface area (Å²) in [7, 11) is 0. The fourth-order valence-corrected chi connectivity index (χ4v) is 3.55. The summed E-state index contributed by atoms with van der Waals surface area (Å²) in [4.78, 5) is 6.90. The lowest BCUT2D eigenvalue weighted by Gasteiger charge is -2.31. The first kappa shape index (κ1) is 19.5. The van der Waals surface area contributed by atoms with Crippen LogP contribution in [0.15, 0.2) is 17.3 Å². The van der Waals surface area contributed by atoms with Crippen molar-refractivity contribution < 1.29 is 4.74 Å². The third-order valence-electron chi connectivity index (χ3n) is 5.15. The number of hydrogen-bond donors (Lipinski definition) is 1. The number of halogens is 1. The van der Waals surface area contributed by atoms with Crippen molar-refractivity contribution in [2.45, 2.75) is 45.8 Å². The first-order valence-corrected chi connectivity index (χ1v) is 8.87. The zero-order chi connectivity index (χ0) is 16.2. The van der Waals surface area contributed by atoms with Crippen LogP contribution in [0.4, 0.5) is 0 Å². The van der Waals surface area contributed by atoms with Crippen molar-refractivity contribution in [3.63, 3.8) is 0 Å². The van der Waals surface area contributed by atoms with Crippen LogP contribution >= 0.6 is 24.0 Å². The molecule has 0 unspecified atom stereocenters. The number of rotatable bonds is 4. The molecule has 3 heterocycles. The van der Waals surface area contributed by atoms with E-state index in [-0.39, 0.29) is 30.1 Å². The highest BCUT2D eigenvalue weighted by Crippen LogP contribution is 2.34. The Labute approximate surface area is 161 Å². The van der Waals surface area contributed by atoms with Crippen LogP contribution in [0.2, 0.25) is 0 Å². The van der Waals surface area contributed by atoms with E-state index in [1.807, 2.05) is 10.9 Å². The van der Waals surface area contributed by atoms with E-state index in [4.69, 9.17) is 10.5 Å². The molecular weight excluding hydrogens is 417 g/mol. The van der Waals surface area contributed by atoms with Crippen LogP contribution in [-0.2, 0) is 11.3 Å². The lowest BCUT2D eigenvalue weighted by molar-refractivity contribution is 0.0850. The van der Waals surface area contributed by atoms with E-state index in [1.54, 1.807) is 0 Å². The van der Waals surface area contributed by atoms with Gasteiger partial charge >= 0.3 is 0 Å². The summed E-state index contributed by atoms with van der Waals surface area (Å²) >= 11 is 0. The van der Waals surface area contributed by atoms with E-state index in [9.17, 15) is 0 Å². The monoisotopic (exact) mass is 447 g/mol. The number of piperidine rings is 1. The summed E-state index contributed by atoms with van der Waals surface area (Å²) in [5, 5.41) is 4.36. The molecule has 0 saturated carbocycles. The van der Waals surface area contributed by atoms with Gasteiger partial charge in [0, 0.05) is 44.9 Å². The Morgan fingerprint density at radius 3 is 2.83 bits per heavy atom. The van der Waals surface area contributed by atoms with Gasteiger partial charge in [-0.05, 0) is 38.2 Å². The molecule has 136 valence electrons. The average Bonchev–Trinajstić information content (AvgIpc) is 3.21. The fourth-order valence-electron chi connectivity index (χ4n) is 3.55. The van der Waals surface area contributed by atoms with Gasteiger partial charge in [0.2, 0.25) is 0 Å². The van der Waals surface area contributed by atoms with Gasteiger partial charge in [0.15, 0.2) is 5.96 Å². The first-order valence-electron chi connectivity index (χ1n) is 8.87. The van der Waals surface area contributed by atoms with Crippen LogP contribution in [-0.4, -0.2) is 46.9 Å². The standard InChI is InChI=1S/C17H29N5O.HI/c1-3-22-15(4-8-20-22)16-14(7-11-23-16)12-19-17(18)21-9-5-13(2)6-10-21;/h4,8,13-14,16H,3,5-7,9-12H2,1-2H3,(H2,18,19);1H/t14-,16+;/m0./s1. The largest absolute Gasteiger partial charge is 0.372 e. The highest BCUT2D eigenvalue weighted by atomic mass is 127. The molecule has 0 aromatic carbocycles. The van der Waals surface area contributed by atoms with Crippen molar-refractivity contribution in [3.8, 4) is 0 Å². The first-order chi connectivity index (χ1) is 11.2. The molecule has 0 spiro atoms. The lowest BCUT2D eigenvalue weighted by Crippen LogP contribution is -2.42. The van der Waals surface area contributed by atoms with Crippen LogP contribution in [0.5, 0.6) is 0 Å². The minimum Gasteiger partial charge on any atom is -0.372 e. The molecule has 0 bridgehead atoms. The summed E-state index contributed by atoms with van der Waals surface area (Å²) in [5.41, 5.74) is 7.37. The minimum absolute atomic E-state index is 0. The maximum Gasteiger partial charge on any atom is 0.191 e. The van der Waals surface area contributed by atoms with Crippen molar-refractivity contribution in [2.24, 2.45) is 22.6 Å². The van der Waals surface area contributed by atoms with Gasteiger partial charge in [0.25, 0.3) is 0 Å². The molecule has 6 nitrogen and oxygen atoms in total. The molecule has 2 N–H and O–H groups in total. The Morgan fingerprint density at radius 2 is 2.12 bits per heavy atom. The minimum atomic E-state index is 0. The normalized spacial score (nSPS) is 25.8. The number of nitrogens with two attached hydrogens (primary N) is 1. The number of aromatic nitrogens is 2. The van der Waals surface area contributed by atoms with Gasteiger partial charge < -0.3 is 15.4 Å².